The molecule has 1 aromatic heterocycles. The van der Waals surface area contributed by atoms with Crippen molar-refractivity contribution in [2.45, 2.75) is 94.4 Å². The Morgan fingerprint density at radius 3 is 2.53 bits per heavy atom. The predicted octanol–water partition coefficient (Wildman–Crippen LogP) is 8.27. The van der Waals surface area contributed by atoms with Crippen LogP contribution in [0.15, 0.2) is 36.4 Å². The Kier molecular flexibility index (Phi) is 11.2. The van der Waals surface area contributed by atoms with Gasteiger partial charge in [-0.15, -0.1) is 34.5 Å². The van der Waals surface area contributed by atoms with Crippen molar-refractivity contribution in [2.75, 3.05) is 6.61 Å². The number of unbranched alkanes of at least 4 members (excludes halogenated alkanes) is 2. The number of esters is 1. The van der Waals surface area contributed by atoms with E-state index in [0.717, 1.165) is 63.4 Å². The lowest BCUT2D eigenvalue weighted by Crippen LogP contribution is -2.17. The summed E-state index contributed by atoms with van der Waals surface area (Å²) >= 11 is 15.1. The van der Waals surface area contributed by atoms with E-state index in [-0.39, 0.29) is 22.6 Å². The second kappa shape index (κ2) is 13.9. The van der Waals surface area contributed by atoms with E-state index in [1.54, 1.807) is 0 Å². The third kappa shape index (κ3) is 7.46. The van der Waals surface area contributed by atoms with E-state index in [0.29, 0.717) is 17.4 Å². The first kappa shape index (κ1) is 27.5. The maximum absolute atomic E-state index is 12.1. The predicted molar refractivity (Wildman–Crippen MR) is 144 cm³/mol. The van der Waals surface area contributed by atoms with Gasteiger partial charge in [0.05, 0.1) is 12.7 Å². The van der Waals surface area contributed by atoms with E-state index >= 15 is 0 Å². The molecule has 3 rings (SSSR count). The summed E-state index contributed by atoms with van der Waals surface area (Å²) in [5.74, 6) is 0.315. The van der Waals surface area contributed by atoms with Crippen molar-refractivity contribution in [2.24, 2.45) is 5.92 Å². The summed E-state index contributed by atoms with van der Waals surface area (Å²) in [6.45, 7) is 4.63. The Morgan fingerprint density at radius 1 is 1.06 bits per heavy atom. The summed E-state index contributed by atoms with van der Waals surface area (Å²) in [6, 6.07) is 12.3. The molecule has 188 valence electrons. The van der Waals surface area contributed by atoms with Gasteiger partial charge < -0.3 is 9.84 Å². The van der Waals surface area contributed by atoms with Crippen molar-refractivity contribution < 1.29 is 14.6 Å². The molecule has 1 aliphatic rings. The Hall–Kier alpha value is -1.07. The lowest BCUT2D eigenvalue weighted by atomic mass is 9.84. The molecule has 0 aliphatic heterocycles. The van der Waals surface area contributed by atoms with Crippen molar-refractivity contribution in [3.63, 3.8) is 0 Å². The first-order chi connectivity index (χ1) is 16.4. The highest BCUT2D eigenvalue weighted by atomic mass is 35.5. The fraction of sp³-hybridized carbons (Fsp3) is 0.607. The highest BCUT2D eigenvalue weighted by Crippen LogP contribution is 2.47. The van der Waals surface area contributed by atoms with Crippen molar-refractivity contribution in [3.8, 4) is 0 Å². The van der Waals surface area contributed by atoms with Crippen molar-refractivity contribution in [1.82, 2.24) is 0 Å². The summed E-state index contributed by atoms with van der Waals surface area (Å²) in [5.41, 5.74) is 2.20. The molecule has 6 heteroatoms. The van der Waals surface area contributed by atoms with Crippen LogP contribution in [0.4, 0.5) is 0 Å². The quantitative estimate of drug-likeness (QED) is 0.163. The van der Waals surface area contributed by atoms with Gasteiger partial charge in [-0.3, -0.25) is 0 Å². The minimum Gasteiger partial charge on any atom is -0.462 e. The number of benzene rings is 1. The number of alkyl halides is 2. The molecule has 4 unspecified atom stereocenters. The highest BCUT2D eigenvalue weighted by Gasteiger charge is 2.41. The molecule has 1 N–H and O–H groups in total. The number of hydrogen-bond acceptors (Lipinski definition) is 4. The van der Waals surface area contributed by atoms with Crippen LogP contribution in [0, 0.1) is 5.92 Å². The first-order valence-electron chi connectivity index (χ1n) is 12.8. The number of halogens is 2. The minimum atomic E-state index is -0.400. The zero-order chi connectivity index (χ0) is 24.5. The molecule has 1 heterocycles. The van der Waals surface area contributed by atoms with Gasteiger partial charge in [0.25, 0.3) is 0 Å². The van der Waals surface area contributed by atoms with Crippen LogP contribution in [0.5, 0.6) is 0 Å². The van der Waals surface area contributed by atoms with Gasteiger partial charge in [0, 0.05) is 21.5 Å². The molecular formula is C28H38Cl2O3S. The standard InChI is InChI=1S/C28H38Cl2O3S/c1-3-5-6-10-25(31)19-11-13-20(14-12-19)27-22(23(29)18-24(27)30)9-7-8-21-15-16-26(34-21)28(32)33-17-4-2/h11-16,22-25,27,31H,3-10,17-18H2,1-2H3/t22?,23?,24?,25?,27-/m1/s1. The van der Waals surface area contributed by atoms with E-state index in [1.165, 1.54) is 21.8 Å². The number of aliphatic hydroxyl groups excluding tert-OH is 1. The average molecular weight is 526 g/mol. The van der Waals surface area contributed by atoms with E-state index in [2.05, 4.69) is 31.2 Å². The molecule has 0 amide bonds. The average Bonchev–Trinajstić information content (AvgIpc) is 3.41. The number of hydrogen-bond donors (Lipinski definition) is 1. The normalized spacial score (nSPS) is 23.2. The van der Waals surface area contributed by atoms with E-state index < -0.39 is 6.10 Å². The van der Waals surface area contributed by atoms with Gasteiger partial charge in [-0.2, -0.15) is 0 Å². The topological polar surface area (TPSA) is 46.5 Å². The maximum Gasteiger partial charge on any atom is 0.348 e. The number of aryl methyl sites for hydroxylation is 1. The maximum atomic E-state index is 12.1. The Labute approximate surface area is 218 Å². The SMILES string of the molecule is CCCCCC(O)c1ccc([C@H]2C(Cl)CC(Cl)C2CCCc2ccc(C(=O)OCCC)s2)cc1. The number of thiophene rings is 1. The van der Waals surface area contributed by atoms with Crippen LogP contribution in [-0.4, -0.2) is 28.4 Å². The lowest BCUT2D eigenvalue weighted by molar-refractivity contribution is 0.0511. The molecule has 0 saturated heterocycles. The zero-order valence-electron chi connectivity index (χ0n) is 20.3. The fourth-order valence-corrected chi connectivity index (χ4v) is 6.97. The largest absolute Gasteiger partial charge is 0.462 e. The zero-order valence-corrected chi connectivity index (χ0v) is 22.7. The molecule has 0 bridgehead atoms. The molecule has 0 spiro atoms. The van der Waals surface area contributed by atoms with E-state index in [9.17, 15) is 9.90 Å². The molecule has 1 fully saturated rings. The van der Waals surface area contributed by atoms with Crippen LogP contribution in [-0.2, 0) is 11.2 Å². The van der Waals surface area contributed by atoms with Crippen LogP contribution in [0.3, 0.4) is 0 Å². The lowest BCUT2D eigenvalue weighted by Gasteiger charge is -2.24. The Bertz CT molecular complexity index is 882. The van der Waals surface area contributed by atoms with Crippen molar-refractivity contribution in [1.29, 1.82) is 0 Å². The molecule has 34 heavy (non-hydrogen) atoms. The van der Waals surface area contributed by atoms with Gasteiger partial charge in [0.2, 0.25) is 0 Å². The van der Waals surface area contributed by atoms with Gasteiger partial charge in [-0.1, -0.05) is 57.4 Å². The Balaban J connectivity index is 1.57. The number of carbonyl (C=O) groups excluding carboxylic acids is 1. The summed E-state index contributed by atoms with van der Waals surface area (Å²) in [7, 11) is 0. The Morgan fingerprint density at radius 2 is 1.82 bits per heavy atom. The summed E-state index contributed by atoms with van der Waals surface area (Å²) < 4.78 is 5.24. The molecule has 2 aromatic rings. The number of ether oxygens (including phenoxy) is 1. The molecule has 0 radical (unpaired) electrons. The second-order valence-electron chi connectivity index (χ2n) is 9.43. The second-order valence-corrected chi connectivity index (χ2v) is 11.7. The van der Waals surface area contributed by atoms with Crippen LogP contribution >= 0.6 is 34.5 Å². The van der Waals surface area contributed by atoms with Crippen LogP contribution in [0.25, 0.3) is 0 Å². The summed E-state index contributed by atoms with van der Waals surface area (Å²) in [5, 5.41) is 10.6. The van der Waals surface area contributed by atoms with Gasteiger partial charge >= 0.3 is 5.97 Å². The number of rotatable bonds is 13. The van der Waals surface area contributed by atoms with Gasteiger partial charge in [0.15, 0.2) is 0 Å². The van der Waals surface area contributed by atoms with Crippen LogP contribution < -0.4 is 0 Å². The van der Waals surface area contributed by atoms with Crippen molar-refractivity contribution >= 4 is 40.5 Å². The molecule has 1 saturated carbocycles. The number of carbonyl (C=O) groups is 1. The third-order valence-electron chi connectivity index (χ3n) is 6.81. The third-order valence-corrected chi connectivity index (χ3v) is 8.89. The molecule has 1 aromatic carbocycles. The van der Waals surface area contributed by atoms with Crippen LogP contribution in [0.1, 0.15) is 103 Å². The van der Waals surface area contributed by atoms with Gasteiger partial charge in [-0.25, -0.2) is 4.79 Å². The molecule has 5 atom stereocenters. The van der Waals surface area contributed by atoms with Crippen molar-refractivity contribution in [3.05, 3.63) is 57.3 Å². The summed E-state index contributed by atoms with van der Waals surface area (Å²) in [4.78, 5) is 13.9. The molecule has 1 aliphatic carbocycles. The first-order valence-corrected chi connectivity index (χ1v) is 14.4. The minimum absolute atomic E-state index is 0.0227. The monoisotopic (exact) mass is 524 g/mol. The molecular weight excluding hydrogens is 487 g/mol. The highest BCUT2D eigenvalue weighted by molar-refractivity contribution is 7.13. The van der Waals surface area contributed by atoms with Crippen LogP contribution in [0.2, 0.25) is 0 Å². The van der Waals surface area contributed by atoms with Gasteiger partial charge in [-0.05, 0) is 67.7 Å². The fourth-order valence-electron chi connectivity index (χ4n) is 4.94. The van der Waals surface area contributed by atoms with E-state index in [4.69, 9.17) is 27.9 Å². The smallest absolute Gasteiger partial charge is 0.348 e. The molecule has 3 nitrogen and oxygen atoms in total. The van der Waals surface area contributed by atoms with Gasteiger partial charge in [0.1, 0.15) is 4.88 Å². The number of aliphatic hydroxyl groups is 1. The summed E-state index contributed by atoms with van der Waals surface area (Å²) in [6.07, 6.45) is 8.33. The van der Waals surface area contributed by atoms with E-state index in [1.807, 2.05) is 19.1 Å².